The SMILES string of the molecule is BC(=O)C(C)C(C)c1ccc(N2C(=O)CC(SC(C)CCC)C2=O)cc1. The Bertz CT molecular complexity index is 676. The van der Waals surface area contributed by atoms with Crippen molar-refractivity contribution in [1.82, 2.24) is 0 Å². The largest absolute Gasteiger partial charge is 0.312 e. The lowest BCUT2D eigenvalue weighted by Gasteiger charge is -2.20. The van der Waals surface area contributed by atoms with E-state index in [-0.39, 0.29) is 41.0 Å². The van der Waals surface area contributed by atoms with E-state index in [1.807, 2.05) is 38.1 Å². The molecule has 0 radical (unpaired) electrons. The van der Waals surface area contributed by atoms with Crippen LogP contribution in [0.5, 0.6) is 0 Å². The van der Waals surface area contributed by atoms with Crippen LogP contribution in [-0.4, -0.2) is 35.8 Å². The molecule has 0 bridgehead atoms. The first-order chi connectivity index (χ1) is 12.3. The third-order valence-electron chi connectivity index (χ3n) is 5.27. The highest BCUT2D eigenvalue weighted by atomic mass is 32.2. The molecule has 26 heavy (non-hydrogen) atoms. The molecule has 6 heteroatoms. The first-order valence-corrected chi connectivity index (χ1v) is 10.3. The topological polar surface area (TPSA) is 54.5 Å². The zero-order chi connectivity index (χ0) is 19.4. The molecule has 0 spiro atoms. The molecule has 4 unspecified atom stereocenters. The van der Waals surface area contributed by atoms with Gasteiger partial charge in [-0.3, -0.25) is 9.59 Å². The lowest BCUT2D eigenvalue weighted by molar-refractivity contribution is -0.121. The normalized spacial score (nSPS) is 20.9. The molecule has 1 aromatic rings. The number of amides is 2. The van der Waals surface area contributed by atoms with E-state index in [1.54, 1.807) is 19.6 Å². The van der Waals surface area contributed by atoms with Gasteiger partial charge in [0.25, 0.3) is 0 Å². The van der Waals surface area contributed by atoms with Gasteiger partial charge in [0.05, 0.1) is 16.6 Å². The average molecular weight is 373 g/mol. The second-order valence-corrected chi connectivity index (χ2v) is 8.92. The molecule has 0 saturated carbocycles. The summed E-state index contributed by atoms with van der Waals surface area (Å²) in [5.41, 5.74) is 1.82. The molecule has 2 amide bonds. The van der Waals surface area contributed by atoms with Crippen LogP contribution >= 0.6 is 11.8 Å². The summed E-state index contributed by atoms with van der Waals surface area (Å²) in [6, 6.07) is 7.47. The second-order valence-electron chi connectivity index (χ2n) is 7.28. The van der Waals surface area contributed by atoms with Crippen molar-refractivity contribution in [3.05, 3.63) is 29.8 Å². The van der Waals surface area contributed by atoms with Crippen molar-refractivity contribution in [3.63, 3.8) is 0 Å². The molecule has 4 nitrogen and oxygen atoms in total. The zero-order valence-electron chi connectivity index (χ0n) is 16.3. The summed E-state index contributed by atoms with van der Waals surface area (Å²) in [7, 11) is 1.61. The molecular formula is C20H28BNO3S. The van der Waals surface area contributed by atoms with Crippen molar-refractivity contribution in [3.8, 4) is 0 Å². The van der Waals surface area contributed by atoms with Gasteiger partial charge < -0.3 is 4.79 Å². The fourth-order valence-corrected chi connectivity index (χ4v) is 4.70. The minimum atomic E-state index is -0.277. The first kappa shape index (κ1) is 20.8. The van der Waals surface area contributed by atoms with E-state index in [1.165, 1.54) is 4.90 Å². The van der Waals surface area contributed by atoms with Gasteiger partial charge in [0.2, 0.25) is 11.8 Å². The van der Waals surface area contributed by atoms with Gasteiger partial charge in [0, 0.05) is 17.6 Å². The quantitative estimate of drug-likeness (QED) is 0.519. The number of thioether (sulfide) groups is 1. The van der Waals surface area contributed by atoms with Gasteiger partial charge >= 0.3 is 0 Å². The average Bonchev–Trinajstić information content (AvgIpc) is 2.87. The van der Waals surface area contributed by atoms with Crippen LogP contribution in [0.25, 0.3) is 0 Å². The molecule has 1 aliphatic rings. The Morgan fingerprint density at radius 3 is 2.38 bits per heavy atom. The number of imide groups is 1. The number of hydrogen-bond donors (Lipinski definition) is 0. The Morgan fingerprint density at radius 2 is 1.85 bits per heavy atom. The van der Waals surface area contributed by atoms with Gasteiger partial charge in [0.15, 0.2) is 7.85 Å². The van der Waals surface area contributed by atoms with Gasteiger partial charge in [-0.2, -0.15) is 0 Å². The Labute approximate surface area is 161 Å². The maximum absolute atomic E-state index is 12.7. The van der Waals surface area contributed by atoms with Gasteiger partial charge in [-0.1, -0.05) is 46.2 Å². The van der Waals surface area contributed by atoms with E-state index in [0.29, 0.717) is 10.9 Å². The van der Waals surface area contributed by atoms with Crippen LogP contribution in [0.1, 0.15) is 58.4 Å². The van der Waals surface area contributed by atoms with Crippen molar-refractivity contribution < 1.29 is 14.4 Å². The number of hydrogen-bond acceptors (Lipinski definition) is 4. The summed E-state index contributed by atoms with van der Waals surface area (Å²) < 4.78 is 0. The van der Waals surface area contributed by atoms with Crippen LogP contribution < -0.4 is 4.90 Å². The fraction of sp³-hybridized carbons (Fsp3) is 0.550. The maximum Gasteiger partial charge on any atom is 0.247 e. The van der Waals surface area contributed by atoms with E-state index in [4.69, 9.17) is 0 Å². The van der Waals surface area contributed by atoms with Crippen molar-refractivity contribution in [2.45, 2.75) is 63.4 Å². The van der Waals surface area contributed by atoms with Crippen molar-refractivity contribution in [2.75, 3.05) is 4.90 Å². The van der Waals surface area contributed by atoms with Crippen LogP contribution in [-0.2, 0) is 14.4 Å². The van der Waals surface area contributed by atoms with E-state index in [0.717, 1.165) is 18.4 Å². The molecule has 1 aromatic carbocycles. The predicted molar refractivity (Wildman–Crippen MR) is 110 cm³/mol. The number of benzene rings is 1. The summed E-state index contributed by atoms with van der Waals surface area (Å²) in [5.74, 6) is -0.198. The highest BCUT2D eigenvalue weighted by Gasteiger charge is 2.40. The Hall–Kier alpha value is -1.56. The molecule has 1 aliphatic heterocycles. The van der Waals surface area contributed by atoms with Crippen molar-refractivity contribution in [1.29, 1.82) is 0 Å². The zero-order valence-corrected chi connectivity index (χ0v) is 17.1. The monoisotopic (exact) mass is 373 g/mol. The highest BCUT2D eigenvalue weighted by Crippen LogP contribution is 2.34. The standard InChI is InChI=1S/C20H28BNO3S/c1-5-6-12(2)26-17-11-18(23)22(20(17)25)16-9-7-15(8-10-16)13(3)14(4)19(21)24/h7-10,12-14,17H,5-6,11,21H2,1-4H3. The smallest absolute Gasteiger partial charge is 0.247 e. The Kier molecular flexibility index (Phi) is 7.10. The molecule has 4 atom stereocenters. The molecule has 1 fully saturated rings. The molecule has 1 saturated heterocycles. The number of rotatable bonds is 8. The van der Waals surface area contributed by atoms with Gasteiger partial charge in [-0.15, -0.1) is 11.8 Å². The summed E-state index contributed by atoms with van der Waals surface area (Å²) >= 11 is 1.61. The fourth-order valence-electron chi connectivity index (χ4n) is 3.30. The van der Waals surface area contributed by atoms with Gasteiger partial charge in [-0.25, -0.2) is 4.90 Å². The van der Waals surface area contributed by atoms with Crippen LogP contribution in [0.3, 0.4) is 0 Å². The van der Waals surface area contributed by atoms with E-state index < -0.39 is 0 Å². The Morgan fingerprint density at radius 1 is 1.23 bits per heavy atom. The summed E-state index contributed by atoms with van der Waals surface area (Å²) in [4.78, 5) is 38.0. The van der Waals surface area contributed by atoms with Crippen LogP contribution in [0, 0.1) is 5.92 Å². The van der Waals surface area contributed by atoms with E-state index >= 15 is 0 Å². The second kappa shape index (κ2) is 8.89. The molecular weight excluding hydrogens is 345 g/mol. The van der Waals surface area contributed by atoms with Crippen LogP contribution in [0.15, 0.2) is 24.3 Å². The molecule has 140 valence electrons. The van der Waals surface area contributed by atoms with Gasteiger partial charge in [0.1, 0.15) is 0 Å². The minimum absolute atomic E-state index is 0.0586. The van der Waals surface area contributed by atoms with Crippen molar-refractivity contribution in [2.24, 2.45) is 5.92 Å². The van der Waals surface area contributed by atoms with E-state index in [9.17, 15) is 14.4 Å². The third kappa shape index (κ3) is 4.59. The third-order valence-corrected chi connectivity index (χ3v) is 6.66. The number of carbonyl (C=O) groups is 3. The van der Waals surface area contributed by atoms with Crippen molar-refractivity contribution >= 4 is 42.8 Å². The summed E-state index contributed by atoms with van der Waals surface area (Å²) in [6.45, 7) is 8.18. The minimum Gasteiger partial charge on any atom is -0.312 e. The van der Waals surface area contributed by atoms with Gasteiger partial charge in [-0.05, 0) is 30.0 Å². The number of anilines is 1. The van der Waals surface area contributed by atoms with Crippen LogP contribution in [0.4, 0.5) is 5.69 Å². The molecule has 1 heterocycles. The summed E-state index contributed by atoms with van der Waals surface area (Å²) in [5, 5.41) is 0.0957. The predicted octanol–water partition coefficient (Wildman–Crippen LogP) is 3.14. The molecule has 0 N–H and O–H groups in total. The molecule has 0 aliphatic carbocycles. The maximum atomic E-state index is 12.7. The lowest BCUT2D eigenvalue weighted by Crippen LogP contribution is -2.31. The summed E-state index contributed by atoms with van der Waals surface area (Å²) in [6.07, 6.45) is 2.39. The number of nitrogens with zero attached hydrogens (tertiary/aromatic N) is 1. The molecule has 2 rings (SSSR count). The van der Waals surface area contributed by atoms with Crippen LogP contribution in [0.2, 0.25) is 0 Å². The number of carbonyl (C=O) groups excluding carboxylic acids is 3. The Balaban J connectivity index is 2.12. The molecule has 0 aromatic heterocycles. The highest BCUT2D eigenvalue weighted by molar-refractivity contribution is 8.01. The first-order valence-electron chi connectivity index (χ1n) is 9.38. The van der Waals surface area contributed by atoms with E-state index in [2.05, 4.69) is 13.8 Å². The lowest BCUT2D eigenvalue weighted by atomic mass is 9.79.